The number of carbonyl (C=O) groups is 2. The van der Waals surface area contributed by atoms with Crippen molar-refractivity contribution in [3.63, 3.8) is 0 Å². The molecular weight excluding hydrogens is 230 g/mol. The van der Waals surface area contributed by atoms with Crippen LogP contribution in [0.4, 0.5) is 0 Å². The van der Waals surface area contributed by atoms with Crippen molar-refractivity contribution in [3.8, 4) is 0 Å². The van der Waals surface area contributed by atoms with Crippen molar-refractivity contribution in [2.75, 3.05) is 26.2 Å². The van der Waals surface area contributed by atoms with Gasteiger partial charge in [0.15, 0.2) is 0 Å². The Morgan fingerprint density at radius 1 is 1.17 bits per heavy atom. The summed E-state index contributed by atoms with van der Waals surface area (Å²) in [7, 11) is 0. The van der Waals surface area contributed by atoms with Gasteiger partial charge in [-0.05, 0) is 45.7 Å². The highest BCUT2D eigenvalue weighted by molar-refractivity contribution is 5.79. The molecule has 1 saturated carbocycles. The van der Waals surface area contributed by atoms with E-state index in [1.54, 1.807) is 0 Å². The molecule has 0 atom stereocenters. The van der Waals surface area contributed by atoms with E-state index in [1.807, 2.05) is 6.92 Å². The van der Waals surface area contributed by atoms with E-state index in [1.165, 1.54) is 0 Å². The minimum atomic E-state index is 0.132. The van der Waals surface area contributed by atoms with Crippen molar-refractivity contribution in [3.05, 3.63) is 0 Å². The highest BCUT2D eigenvalue weighted by atomic mass is 16.2. The average Bonchev–Trinajstić information content (AvgIpc) is 3.14. The van der Waals surface area contributed by atoms with Crippen LogP contribution in [0.15, 0.2) is 0 Å². The number of nitrogens with zero attached hydrogens (tertiary/aromatic N) is 1. The normalized spacial score (nSPS) is 21.6. The first-order valence-electron chi connectivity index (χ1n) is 6.98. The summed E-state index contributed by atoms with van der Waals surface area (Å²) < 4.78 is 0. The summed E-state index contributed by atoms with van der Waals surface area (Å²) in [6.07, 6.45) is 3.99. The molecule has 0 aromatic rings. The van der Waals surface area contributed by atoms with E-state index in [0.717, 1.165) is 38.8 Å². The zero-order valence-electron chi connectivity index (χ0n) is 11.1. The molecule has 2 rings (SSSR count). The monoisotopic (exact) mass is 253 g/mol. The fourth-order valence-electron chi connectivity index (χ4n) is 2.38. The van der Waals surface area contributed by atoms with Crippen molar-refractivity contribution in [1.82, 2.24) is 15.5 Å². The summed E-state index contributed by atoms with van der Waals surface area (Å²) in [5.41, 5.74) is 0. The lowest BCUT2D eigenvalue weighted by molar-refractivity contribution is -0.126. The zero-order chi connectivity index (χ0) is 13.0. The van der Waals surface area contributed by atoms with Crippen LogP contribution in [0.5, 0.6) is 0 Å². The average molecular weight is 253 g/mol. The molecule has 0 bridgehead atoms. The van der Waals surface area contributed by atoms with E-state index in [-0.39, 0.29) is 17.7 Å². The molecule has 102 valence electrons. The second-order valence-electron chi connectivity index (χ2n) is 5.29. The van der Waals surface area contributed by atoms with Crippen molar-refractivity contribution >= 4 is 11.8 Å². The number of hydrogen-bond donors (Lipinski definition) is 2. The molecule has 5 heteroatoms. The largest absolute Gasteiger partial charge is 0.356 e. The van der Waals surface area contributed by atoms with Gasteiger partial charge in [-0.1, -0.05) is 0 Å². The Kier molecular flexibility index (Phi) is 4.58. The quantitative estimate of drug-likeness (QED) is 0.731. The van der Waals surface area contributed by atoms with Gasteiger partial charge >= 0.3 is 0 Å². The van der Waals surface area contributed by atoms with Gasteiger partial charge in [0.05, 0.1) is 6.54 Å². The molecule has 0 radical (unpaired) electrons. The molecule has 0 spiro atoms. The Morgan fingerprint density at radius 3 is 2.39 bits per heavy atom. The molecule has 2 N–H and O–H groups in total. The maximum Gasteiger partial charge on any atom is 0.234 e. The topological polar surface area (TPSA) is 61.4 Å². The smallest absolute Gasteiger partial charge is 0.234 e. The first-order valence-corrected chi connectivity index (χ1v) is 6.98. The van der Waals surface area contributed by atoms with Crippen molar-refractivity contribution in [1.29, 1.82) is 0 Å². The molecule has 1 heterocycles. The molecule has 2 fully saturated rings. The van der Waals surface area contributed by atoms with Crippen LogP contribution in [-0.2, 0) is 9.59 Å². The van der Waals surface area contributed by atoms with Gasteiger partial charge in [-0.3, -0.25) is 14.5 Å². The van der Waals surface area contributed by atoms with Gasteiger partial charge in [0.1, 0.15) is 0 Å². The first kappa shape index (κ1) is 13.3. The minimum absolute atomic E-state index is 0.132. The van der Waals surface area contributed by atoms with Crippen LogP contribution < -0.4 is 10.6 Å². The van der Waals surface area contributed by atoms with Crippen molar-refractivity contribution < 1.29 is 9.59 Å². The third-order valence-electron chi connectivity index (χ3n) is 3.62. The fraction of sp³-hybridized carbons (Fsp3) is 0.846. The second kappa shape index (κ2) is 6.18. The summed E-state index contributed by atoms with van der Waals surface area (Å²) in [6, 6.07) is 0.436. The predicted molar refractivity (Wildman–Crippen MR) is 69.0 cm³/mol. The van der Waals surface area contributed by atoms with Crippen LogP contribution in [0, 0.1) is 5.92 Å². The lowest BCUT2D eigenvalue weighted by Gasteiger charge is -2.30. The summed E-state index contributed by atoms with van der Waals surface area (Å²) in [5, 5.41) is 5.86. The van der Waals surface area contributed by atoms with Crippen LogP contribution in [0.25, 0.3) is 0 Å². The lowest BCUT2D eigenvalue weighted by Crippen LogP contribution is -2.44. The Labute approximate surface area is 108 Å². The maximum absolute atomic E-state index is 11.7. The Balaban J connectivity index is 1.66. The van der Waals surface area contributed by atoms with E-state index >= 15 is 0 Å². The summed E-state index contributed by atoms with van der Waals surface area (Å²) in [5.74, 6) is 0.432. The number of carbonyl (C=O) groups excluding carboxylic acids is 2. The number of hydrogen-bond acceptors (Lipinski definition) is 3. The Hall–Kier alpha value is -1.10. The van der Waals surface area contributed by atoms with Gasteiger partial charge in [0, 0.05) is 18.5 Å². The predicted octanol–water partition coefficient (Wildman–Crippen LogP) is 0.113. The van der Waals surface area contributed by atoms with Crippen LogP contribution in [0.2, 0.25) is 0 Å². The Bertz CT molecular complexity index is 307. The van der Waals surface area contributed by atoms with Gasteiger partial charge in [0.2, 0.25) is 11.8 Å². The van der Waals surface area contributed by atoms with Crippen LogP contribution >= 0.6 is 0 Å². The highest BCUT2D eigenvalue weighted by Crippen LogP contribution is 2.19. The molecule has 0 unspecified atom stereocenters. The summed E-state index contributed by atoms with van der Waals surface area (Å²) >= 11 is 0. The van der Waals surface area contributed by atoms with Crippen LogP contribution in [0.1, 0.15) is 32.6 Å². The van der Waals surface area contributed by atoms with E-state index in [0.29, 0.717) is 19.1 Å². The van der Waals surface area contributed by atoms with E-state index in [9.17, 15) is 9.59 Å². The maximum atomic E-state index is 11.7. The molecule has 5 nitrogen and oxygen atoms in total. The molecule has 18 heavy (non-hydrogen) atoms. The van der Waals surface area contributed by atoms with Crippen molar-refractivity contribution in [2.24, 2.45) is 5.92 Å². The standard InChI is InChI=1S/C13H23N3O2/c1-2-14-13(18)10-5-7-16(8-6-10)9-12(17)15-11-3-4-11/h10-11H,2-9H2,1H3,(H,14,18)(H,15,17). The minimum Gasteiger partial charge on any atom is -0.356 e. The molecule has 0 aromatic carbocycles. The van der Waals surface area contributed by atoms with Gasteiger partial charge in [-0.15, -0.1) is 0 Å². The van der Waals surface area contributed by atoms with Gasteiger partial charge in [-0.25, -0.2) is 0 Å². The first-order chi connectivity index (χ1) is 8.69. The van der Waals surface area contributed by atoms with E-state index < -0.39 is 0 Å². The van der Waals surface area contributed by atoms with Crippen molar-refractivity contribution in [2.45, 2.75) is 38.6 Å². The van der Waals surface area contributed by atoms with Gasteiger partial charge < -0.3 is 10.6 Å². The number of likely N-dealkylation sites (tertiary alicyclic amines) is 1. The zero-order valence-corrected chi connectivity index (χ0v) is 11.1. The second-order valence-corrected chi connectivity index (χ2v) is 5.29. The summed E-state index contributed by atoms with van der Waals surface area (Å²) in [6.45, 7) is 4.82. The summed E-state index contributed by atoms with van der Waals surface area (Å²) in [4.78, 5) is 25.5. The highest BCUT2D eigenvalue weighted by Gasteiger charge is 2.27. The van der Waals surface area contributed by atoms with Crippen LogP contribution in [0.3, 0.4) is 0 Å². The van der Waals surface area contributed by atoms with Crippen LogP contribution in [-0.4, -0.2) is 48.9 Å². The number of rotatable bonds is 5. The molecule has 1 aliphatic heterocycles. The molecule has 2 amide bonds. The molecule has 0 aromatic heterocycles. The van der Waals surface area contributed by atoms with E-state index in [4.69, 9.17) is 0 Å². The van der Waals surface area contributed by atoms with E-state index in [2.05, 4.69) is 15.5 Å². The Morgan fingerprint density at radius 2 is 1.83 bits per heavy atom. The van der Waals surface area contributed by atoms with Gasteiger partial charge in [0.25, 0.3) is 0 Å². The van der Waals surface area contributed by atoms with Gasteiger partial charge in [-0.2, -0.15) is 0 Å². The SMILES string of the molecule is CCNC(=O)C1CCN(CC(=O)NC2CC2)CC1. The number of piperidine rings is 1. The third kappa shape index (κ3) is 3.98. The fourth-order valence-corrected chi connectivity index (χ4v) is 2.38. The number of nitrogens with one attached hydrogen (secondary N) is 2. The third-order valence-corrected chi connectivity index (χ3v) is 3.62. The molecule has 1 aliphatic carbocycles. The number of amides is 2. The molecule has 2 aliphatic rings. The molecule has 1 saturated heterocycles. The molecular formula is C13H23N3O2. The lowest BCUT2D eigenvalue weighted by atomic mass is 9.96.